The van der Waals surface area contributed by atoms with Crippen LogP contribution in [0, 0.1) is 0 Å². The second-order valence-corrected chi connectivity index (χ2v) is 5.24. The van der Waals surface area contributed by atoms with Gasteiger partial charge in [-0.15, -0.1) is 0 Å². The van der Waals surface area contributed by atoms with Crippen molar-refractivity contribution in [2.75, 3.05) is 19.6 Å². The molecule has 0 saturated carbocycles. The molecule has 0 spiro atoms. The van der Waals surface area contributed by atoms with Gasteiger partial charge in [-0.05, 0) is 18.6 Å². The van der Waals surface area contributed by atoms with E-state index in [1.165, 1.54) is 6.07 Å². The summed E-state index contributed by atoms with van der Waals surface area (Å²) in [5.74, 6) is 0. The first-order valence-electron chi connectivity index (χ1n) is 6.18. The number of nitrogens with zero attached hydrogens (tertiary/aromatic N) is 1. The van der Waals surface area contributed by atoms with Crippen LogP contribution in [-0.4, -0.2) is 30.6 Å². The van der Waals surface area contributed by atoms with Crippen molar-refractivity contribution in [3.63, 3.8) is 0 Å². The van der Waals surface area contributed by atoms with E-state index in [1.54, 1.807) is 6.07 Å². The summed E-state index contributed by atoms with van der Waals surface area (Å²) in [5, 5.41) is 3.11. The monoisotopic (exact) mass is 292 g/mol. The van der Waals surface area contributed by atoms with Crippen LogP contribution in [0.3, 0.4) is 0 Å². The van der Waals surface area contributed by atoms with Crippen LogP contribution >= 0.6 is 11.6 Å². The summed E-state index contributed by atoms with van der Waals surface area (Å²) in [6, 6.07) is 4.44. The molecule has 1 heterocycles. The maximum atomic E-state index is 12.8. The zero-order chi connectivity index (χ0) is 14.0. The van der Waals surface area contributed by atoms with Crippen LogP contribution in [0.15, 0.2) is 18.2 Å². The van der Waals surface area contributed by atoms with Gasteiger partial charge in [0.1, 0.15) is 0 Å². The Balaban J connectivity index is 2.17. The summed E-state index contributed by atoms with van der Waals surface area (Å²) < 4.78 is 38.3. The van der Waals surface area contributed by atoms with E-state index in [4.69, 9.17) is 11.6 Å². The molecule has 0 amide bonds. The van der Waals surface area contributed by atoms with Crippen LogP contribution in [0.2, 0.25) is 5.02 Å². The molecule has 0 bridgehead atoms. The van der Waals surface area contributed by atoms with Crippen molar-refractivity contribution in [2.45, 2.75) is 25.7 Å². The Morgan fingerprint density at radius 2 is 2.16 bits per heavy atom. The van der Waals surface area contributed by atoms with Gasteiger partial charge in [-0.2, -0.15) is 13.2 Å². The summed E-state index contributed by atoms with van der Waals surface area (Å²) in [5.41, 5.74) is -0.222. The highest BCUT2D eigenvalue weighted by atomic mass is 35.5. The van der Waals surface area contributed by atoms with Crippen molar-refractivity contribution in [1.82, 2.24) is 10.2 Å². The number of piperazine rings is 1. The molecule has 0 radical (unpaired) electrons. The van der Waals surface area contributed by atoms with E-state index in [0.29, 0.717) is 18.2 Å². The molecule has 2 rings (SSSR count). The van der Waals surface area contributed by atoms with E-state index in [0.717, 1.165) is 25.7 Å². The minimum Gasteiger partial charge on any atom is -0.312 e. The predicted octanol–water partition coefficient (Wildman–Crippen LogP) is 3.15. The standard InChI is InChI=1S/C13H16ClF3N2/c1-9-7-19(6-5-18-9)8-10-3-2-4-11(12(10)14)13(15,16)17/h2-4,9,18H,5-8H2,1H3. The first kappa shape index (κ1) is 14.6. The van der Waals surface area contributed by atoms with Crippen molar-refractivity contribution in [2.24, 2.45) is 0 Å². The molecule has 0 aromatic heterocycles. The van der Waals surface area contributed by atoms with Gasteiger partial charge >= 0.3 is 6.18 Å². The van der Waals surface area contributed by atoms with Crippen LogP contribution in [0.4, 0.5) is 13.2 Å². The Hall–Kier alpha value is -0.780. The molecule has 1 aliphatic heterocycles. The highest BCUT2D eigenvalue weighted by Gasteiger charge is 2.34. The number of hydrogen-bond acceptors (Lipinski definition) is 2. The van der Waals surface area contributed by atoms with E-state index >= 15 is 0 Å². The molecular formula is C13H16ClF3N2. The molecule has 1 aromatic rings. The summed E-state index contributed by atoms with van der Waals surface area (Å²) >= 11 is 5.89. The second-order valence-electron chi connectivity index (χ2n) is 4.87. The Labute approximate surface area is 115 Å². The van der Waals surface area contributed by atoms with Gasteiger partial charge in [-0.25, -0.2) is 0 Å². The van der Waals surface area contributed by atoms with E-state index < -0.39 is 11.7 Å². The molecule has 6 heteroatoms. The minimum atomic E-state index is -4.40. The fraction of sp³-hybridized carbons (Fsp3) is 0.538. The van der Waals surface area contributed by atoms with Crippen LogP contribution in [0.25, 0.3) is 0 Å². The fourth-order valence-corrected chi connectivity index (χ4v) is 2.61. The summed E-state index contributed by atoms with van der Waals surface area (Å²) in [4.78, 5) is 2.11. The molecule has 1 fully saturated rings. The van der Waals surface area contributed by atoms with Crippen LogP contribution in [0.1, 0.15) is 18.1 Å². The molecule has 2 nitrogen and oxygen atoms in total. The van der Waals surface area contributed by atoms with E-state index in [9.17, 15) is 13.2 Å². The zero-order valence-electron chi connectivity index (χ0n) is 10.6. The van der Waals surface area contributed by atoms with Crippen LogP contribution in [0.5, 0.6) is 0 Å². The minimum absolute atomic E-state index is 0.179. The van der Waals surface area contributed by atoms with Gasteiger partial charge in [0.25, 0.3) is 0 Å². The van der Waals surface area contributed by atoms with Crippen molar-refractivity contribution < 1.29 is 13.2 Å². The lowest BCUT2D eigenvalue weighted by molar-refractivity contribution is -0.137. The fourth-order valence-electron chi connectivity index (χ4n) is 2.32. The van der Waals surface area contributed by atoms with Crippen molar-refractivity contribution >= 4 is 11.6 Å². The smallest absolute Gasteiger partial charge is 0.312 e. The largest absolute Gasteiger partial charge is 0.417 e. The number of benzene rings is 1. The first-order chi connectivity index (χ1) is 8.88. The SMILES string of the molecule is CC1CN(Cc2cccc(C(F)(F)F)c2Cl)CCN1. The van der Waals surface area contributed by atoms with Gasteiger partial charge < -0.3 is 5.32 Å². The van der Waals surface area contributed by atoms with Gasteiger partial charge in [-0.3, -0.25) is 4.90 Å². The summed E-state index contributed by atoms with van der Waals surface area (Å²) in [6.45, 7) is 4.98. The van der Waals surface area contributed by atoms with Gasteiger partial charge in [0, 0.05) is 32.2 Å². The van der Waals surface area contributed by atoms with Crippen molar-refractivity contribution in [3.05, 3.63) is 34.3 Å². The molecular weight excluding hydrogens is 277 g/mol. The lowest BCUT2D eigenvalue weighted by atomic mass is 10.1. The van der Waals surface area contributed by atoms with E-state index in [2.05, 4.69) is 17.1 Å². The second kappa shape index (κ2) is 5.69. The van der Waals surface area contributed by atoms with Gasteiger partial charge in [-0.1, -0.05) is 23.7 Å². The summed E-state index contributed by atoms with van der Waals surface area (Å²) in [7, 11) is 0. The molecule has 1 unspecified atom stereocenters. The lowest BCUT2D eigenvalue weighted by Crippen LogP contribution is -2.48. The van der Waals surface area contributed by atoms with E-state index in [-0.39, 0.29) is 5.02 Å². The highest BCUT2D eigenvalue weighted by molar-refractivity contribution is 6.32. The topological polar surface area (TPSA) is 15.3 Å². The first-order valence-corrected chi connectivity index (χ1v) is 6.56. The number of alkyl halides is 3. The third-order valence-corrected chi connectivity index (χ3v) is 3.68. The molecule has 1 aliphatic rings. The number of hydrogen-bond donors (Lipinski definition) is 1. The molecule has 1 atom stereocenters. The molecule has 1 aromatic carbocycles. The quantitative estimate of drug-likeness (QED) is 0.901. The average Bonchev–Trinajstić information content (AvgIpc) is 2.30. The lowest BCUT2D eigenvalue weighted by Gasteiger charge is -2.32. The zero-order valence-corrected chi connectivity index (χ0v) is 11.4. The number of halogens is 4. The summed E-state index contributed by atoms with van der Waals surface area (Å²) in [6.07, 6.45) is -4.40. The molecule has 1 N–H and O–H groups in total. The third kappa shape index (κ3) is 3.61. The molecule has 0 aliphatic carbocycles. The molecule has 1 saturated heterocycles. The van der Waals surface area contributed by atoms with Crippen molar-refractivity contribution in [3.8, 4) is 0 Å². The Morgan fingerprint density at radius 1 is 1.42 bits per heavy atom. The Morgan fingerprint density at radius 3 is 2.79 bits per heavy atom. The molecule has 106 valence electrons. The number of rotatable bonds is 2. The third-order valence-electron chi connectivity index (χ3n) is 3.23. The van der Waals surface area contributed by atoms with Gasteiger partial charge in [0.15, 0.2) is 0 Å². The molecule has 19 heavy (non-hydrogen) atoms. The average molecular weight is 293 g/mol. The highest BCUT2D eigenvalue weighted by Crippen LogP contribution is 2.36. The van der Waals surface area contributed by atoms with Crippen LogP contribution < -0.4 is 5.32 Å². The number of nitrogens with one attached hydrogen (secondary N) is 1. The Kier molecular flexibility index (Phi) is 4.38. The maximum absolute atomic E-state index is 12.8. The van der Waals surface area contributed by atoms with E-state index in [1.807, 2.05) is 0 Å². The van der Waals surface area contributed by atoms with Gasteiger partial charge in [0.05, 0.1) is 10.6 Å². The van der Waals surface area contributed by atoms with Gasteiger partial charge in [0.2, 0.25) is 0 Å². The normalized spacial score (nSPS) is 21.6. The predicted molar refractivity (Wildman–Crippen MR) is 69.2 cm³/mol. The van der Waals surface area contributed by atoms with Crippen molar-refractivity contribution in [1.29, 1.82) is 0 Å². The van der Waals surface area contributed by atoms with Crippen LogP contribution in [-0.2, 0) is 12.7 Å². The maximum Gasteiger partial charge on any atom is 0.417 e. The Bertz CT molecular complexity index is 448.